The Morgan fingerprint density at radius 3 is 2.46 bits per heavy atom. The Morgan fingerprint density at radius 2 is 1.76 bits per heavy atom. The number of esters is 1. The first kappa shape index (κ1) is 25.2. The second kappa shape index (κ2) is 10.5. The van der Waals surface area contributed by atoms with Gasteiger partial charge in [-0.2, -0.15) is 0 Å². The fraction of sp³-hybridized carbons (Fsp3) is 0.250. The lowest BCUT2D eigenvalue weighted by Crippen LogP contribution is -2.54. The fourth-order valence-electron chi connectivity index (χ4n) is 4.95. The minimum atomic E-state index is -1.14. The summed E-state index contributed by atoms with van der Waals surface area (Å²) in [5.41, 5.74) is 2.86. The summed E-state index contributed by atoms with van der Waals surface area (Å²) in [5.74, 6) is -0.714. The zero-order chi connectivity index (χ0) is 26.0. The molecular formula is C28H25Cl2FN4O2. The van der Waals surface area contributed by atoms with Crippen molar-refractivity contribution in [1.29, 1.82) is 0 Å². The summed E-state index contributed by atoms with van der Waals surface area (Å²) in [5, 5.41) is 9.87. The highest BCUT2D eigenvalue weighted by Gasteiger charge is 2.51. The van der Waals surface area contributed by atoms with Gasteiger partial charge in [0.2, 0.25) is 0 Å². The molecule has 0 fully saturated rings. The van der Waals surface area contributed by atoms with Crippen molar-refractivity contribution >= 4 is 34.9 Å². The number of para-hydroxylation sites is 1. The van der Waals surface area contributed by atoms with Gasteiger partial charge in [0.1, 0.15) is 16.9 Å². The number of halogens is 3. The van der Waals surface area contributed by atoms with E-state index < -0.39 is 5.41 Å². The Hall–Kier alpha value is -3.42. The van der Waals surface area contributed by atoms with Crippen molar-refractivity contribution in [3.05, 3.63) is 111 Å². The molecule has 1 atom stereocenters. The zero-order valence-corrected chi connectivity index (χ0v) is 21.7. The molecule has 0 radical (unpaired) electrons. The fourth-order valence-corrected chi connectivity index (χ4v) is 5.27. The lowest BCUT2D eigenvalue weighted by molar-refractivity contribution is -0.150. The number of hydrogen-bond acceptors (Lipinski definition) is 5. The molecule has 5 rings (SSSR count). The minimum Gasteiger partial charge on any atom is -0.465 e. The van der Waals surface area contributed by atoms with Gasteiger partial charge < -0.3 is 9.64 Å². The van der Waals surface area contributed by atoms with E-state index in [2.05, 4.69) is 15.2 Å². The van der Waals surface area contributed by atoms with Crippen LogP contribution in [-0.4, -0.2) is 34.1 Å². The van der Waals surface area contributed by atoms with Gasteiger partial charge in [0.25, 0.3) is 0 Å². The first-order valence-electron chi connectivity index (χ1n) is 12.0. The average Bonchev–Trinajstić information content (AvgIpc) is 3.31. The molecule has 0 bridgehead atoms. The monoisotopic (exact) mass is 538 g/mol. The summed E-state index contributed by atoms with van der Waals surface area (Å²) in [6.45, 7) is 3.17. The van der Waals surface area contributed by atoms with Gasteiger partial charge in [-0.15, -0.1) is 5.10 Å². The highest BCUT2D eigenvalue weighted by atomic mass is 35.5. The molecule has 4 aromatic rings. The van der Waals surface area contributed by atoms with Gasteiger partial charge >= 0.3 is 5.97 Å². The third-order valence-corrected chi connectivity index (χ3v) is 7.32. The molecule has 9 heteroatoms. The normalized spacial score (nSPS) is 16.9. The molecule has 1 aromatic heterocycles. The summed E-state index contributed by atoms with van der Waals surface area (Å²) in [6, 6.07) is 21.4. The van der Waals surface area contributed by atoms with Crippen molar-refractivity contribution in [2.45, 2.75) is 31.8 Å². The van der Waals surface area contributed by atoms with Crippen molar-refractivity contribution in [1.82, 2.24) is 15.0 Å². The summed E-state index contributed by atoms with van der Waals surface area (Å²) in [4.78, 5) is 16.0. The quantitative estimate of drug-likeness (QED) is 0.277. The van der Waals surface area contributed by atoms with Gasteiger partial charge in [0.15, 0.2) is 0 Å². The Bertz CT molecular complexity index is 1410. The molecule has 0 N–H and O–H groups in total. The standard InChI is InChI=1S/C28H25Cl2FN4O2/c1-2-37-27(36)28(15-19-8-11-21(31)12-9-19)18-34(22-6-4-3-5-7-22)17-25-26(28)35(33-32-25)16-20-10-13-23(29)24(30)14-20/h3-14H,2,15-18H2,1H3. The van der Waals surface area contributed by atoms with Crippen LogP contribution in [0.4, 0.5) is 10.1 Å². The van der Waals surface area contributed by atoms with Crippen LogP contribution < -0.4 is 4.90 Å². The molecule has 0 spiro atoms. The highest BCUT2D eigenvalue weighted by molar-refractivity contribution is 6.42. The number of nitrogens with zero attached hydrogens (tertiary/aromatic N) is 4. The zero-order valence-electron chi connectivity index (χ0n) is 20.2. The van der Waals surface area contributed by atoms with Crippen LogP contribution in [0.1, 0.15) is 29.4 Å². The largest absolute Gasteiger partial charge is 0.465 e. The number of carbonyl (C=O) groups is 1. The number of hydrogen-bond donors (Lipinski definition) is 0. The summed E-state index contributed by atoms with van der Waals surface area (Å²) in [7, 11) is 0. The van der Waals surface area contributed by atoms with E-state index in [0.717, 1.165) is 16.8 Å². The number of aromatic nitrogens is 3. The second-order valence-corrected chi connectivity index (χ2v) is 9.90. The van der Waals surface area contributed by atoms with E-state index in [-0.39, 0.29) is 24.8 Å². The van der Waals surface area contributed by atoms with Gasteiger partial charge in [-0.25, -0.2) is 9.07 Å². The van der Waals surface area contributed by atoms with E-state index in [0.29, 0.717) is 41.1 Å². The molecule has 0 saturated carbocycles. The molecule has 190 valence electrons. The topological polar surface area (TPSA) is 60.2 Å². The van der Waals surface area contributed by atoms with Crippen LogP contribution in [0, 0.1) is 5.82 Å². The smallest absolute Gasteiger partial charge is 0.320 e. The summed E-state index contributed by atoms with van der Waals surface area (Å²) >= 11 is 12.4. The van der Waals surface area contributed by atoms with Crippen molar-refractivity contribution < 1.29 is 13.9 Å². The van der Waals surface area contributed by atoms with Crippen LogP contribution in [0.3, 0.4) is 0 Å². The van der Waals surface area contributed by atoms with Gasteiger partial charge in [-0.05, 0) is 60.9 Å². The Balaban J connectivity index is 1.65. The number of carbonyl (C=O) groups excluding carboxylic acids is 1. The van der Waals surface area contributed by atoms with E-state index in [9.17, 15) is 9.18 Å². The molecule has 37 heavy (non-hydrogen) atoms. The van der Waals surface area contributed by atoms with Crippen molar-refractivity contribution in [3.8, 4) is 0 Å². The number of anilines is 1. The molecule has 1 aliphatic rings. The van der Waals surface area contributed by atoms with Crippen LogP contribution >= 0.6 is 23.2 Å². The molecule has 1 aliphatic heterocycles. The van der Waals surface area contributed by atoms with Crippen LogP contribution in [-0.2, 0) is 34.5 Å². The molecule has 0 aliphatic carbocycles. The van der Waals surface area contributed by atoms with E-state index >= 15 is 0 Å². The maximum absolute atomic E-state index is 13.9. The third-order valence-electron chi connectivity index (χ3n) is 6.58. The summed E-state index contributed by atoms with van der Waals surface area (Å²) in [6.07, 6.45) is 0.289. The summed E-state index contributed by atoms with van der Waals surface area (Å²) < 4.78 is 21.2. The van der Waals surface area contributed by atoms with E-state index in [4.69, 9.17) is 27.9 Å². The van der Waals surface area contributed by atoms with Gasteiger partial charge in [-0.1, -0.05) is 64.8 Å². The highest BCUT2D eigenvalue weighted by Crippen LogP contribution is 2.39. The molecule has 0 saturated heterocycles. The number of ether oxygens (including phenoxy) is 1. The molecule has 6 nitrogen and oxygen atoms in total. The van der Waals surface area contributed by atoms with Crippen LogP contribution in [0.2, 0.25) is 10.0 Å². The first-order valence-corrected chi connectivity index (χ1v) is 12.7. The Labute approximate surface area is 224 Å². The van der Waals surface area contributed by atoms with Crippen LogP contribution in [0.25, 0.3) is 0 Å². The lowest BCUT2D eigenvalue weighted by atomic mass is 9.74. The molecule has 2 heterocycles. The number of rotatable bonds is 7. The van der Waals surface area contributed by atoms with Crippen molar-refractivity contribution in [3.63, 3.8) is 0 Å². The predicted octanol–water partition coefficient (Wildman–Crippen LogP) is 5.84. The minimum absolute atomic E-state index is 0.221. The second-order valence-electron chi connectivity index (χ2n) is 9.09. The van der Waals surface area contributed by atoms with E-state index in [1.165, 1.54) is 12.1 Å². The van der Waals surface area contributed by atoms with Gasteiger partial charge in [-0.3, -0.25) is 4.79 Å². The van der Waals surface area contributed by atoms with Gasteiger partial charge in [0, 0.05) is 12.2 Å². The SMILES string of the molecule is CCOC(=O)C1(Cc2ccc(F)cc2)CN(c2ccccc2)Cc2nnn(Cc3ccc(Cl)c(Cl)c3)c21. The Kier molecular flexibility index (Phi) is 7.17. The van der Waals surface area contributed by atoms with Gasteiger partial charge in [0.05, 0.1) is 35.4 Å². The molecule has 0 amide bonds. The molecular weight excluding hydrogens is 514 g/mol. The molecule has 3 aromatic carbocycles. The van der Waals surface area contributed by atoms with E-state index in [1.54, 1.807) is 35.9 Å². The molecule has 1 unspecified atom stereocenters. The lowest BCUT2D eigenvalue weighted by Gasteiger charge is -2.41. The third kappa shape index (κ3) is 5.06. The maximum atomic E-state index is 13.9. The van der Waals surface area contributed by atoms with Crippen molar-refractivity contribution in [2.24, 2.45) is 0 Å². The van der Waals surface area contributed by atoms with Crippen LogP contribution in [0.15, 0.2) is 72.8 Å². The Morgan fingerprint density at radius 1 is 1.03 bits per heavy atom. The first-order chi connectivity index (χ1) is 17.9. The average molecular weight is 539 g/mol. The van der Waals surface area contributed by atoms with E-state index in [1.807, 2.05) is 36.4 Å². The van der Waals surface area contributed by atoms with Crippen molar-refractivity contribution in [2.75, 3.05) is 18.1 Å². The predicted molar refractivity (Wildman–Crippen MR) is 141 cm³/mol. The maximum Gasteiger partial charge on any atom is 0.320 e. The number of benzene rings is 3. The number of fused-ring (bicyclic) bond motifs is 1. The van der Waals surface area contributed by atoms with Crippen LogP contribution in [0.5, 0.6) is 0 Å².